The molecule has 0 unspecified atom stereocenters. The average Bonchev–Trinajstić information content (AvgIpc) is 3.26. The second kappa shape index (κ2) is 8.52. The number of carbonyl (C=O) groups excluding carboxylic acids is 1. The summed E-state index contributed by atoms with van der Waals surface area (Å²) in [5.74, 6) is 0.722. The molecule has 0 radical (unpaired) electrons. The number of nitrogens with one attached hydrogen (secondary N) is 1. The summed E-state index contributed by atoms with van der Waals surface area (Å²) in [5.41, 5.74) is 3.42. The van der Waals surface area contributed by atoms with E-state index >= 15 is 0 Å². The molecule has 1 aromatic heterocycles. The van der Waals surface area contributed by atoms with Crippen molar-refractivity contribution in [2.75, 3.05) is 5.32 Å². The summed E-state index contributed by atoms with van der Waals surface area (Å²) in [5, 5.41) is 11.2. The molecular weight excluding hydrogens is 362 g/mol. The van der Waals surface area contributed by atoms with Crippen molar-refractivity contribution in [3.8, 4) is 22.9 Å². The van der Waals surface area contributed by atoms with Gasteiger partial charge in [0.25, 0.3) is 0 Å². The van der Waals surface area contributed by atoms with Gasteiger partial charge in [0.15, 0.2) is 0 Å². The van der Waals surface area contributed by atoms with E-state index in [-0.39, 0.29) is 11.8 Å². The van der Waals surface area contributed by atoms with Crippen molar-refractivity contribution in [3.63, 3.8) is 0 Å². The Hall–Kier alpha value is -3.73. The van der Waals surface area contributed by atoms with Crippen LogP contribution in [0.2, 0.25) is 0 Å². The Morgan fingerprint density at radius 1 is 0.828 bits per heavy atom. The smallest absolute Gasteiger partial charge is 0.248 e. The fraction of sp³-hybridized carbons (Fsp3) is 0.125. The number of benzene rings is 3. The quantitative estimate of drug-likeness (QED) is 0.475. The SMILES string of the molecule is CC[C@@H](C(=O)Nc1ccc(-c2nnc(-c3ccccc3)o2)cc1)c1ccccc1. The number of anilines is 1. The normalized spacial score (nSPS) is 11.8. The van der Waals surface area contributed by atoms with Crippen LogP contribution < -0.4 is 5.32 Å². The Morgan fingerprint density at radius 3 is 1.97 bits per heavy atom. The summed E-state index contributed by atoms with van der Waals surface area (Å²) in [4.78, 5) is 12.7. The third kappa shape index (κ3) is 4.24. The molecule has 1 heterocycles. The fourth-order valence-electron chi connectivity index (χ4n) is 3.22. The van der Waals surface area contributed by atoms with E-state index in [9.17, 15) is 4.79 Å². The van der Waals surface area contributed by atoms with Gasteiger partial charge in [-0.2, -0.15) is 0 Å². The van der Waals surface area contributed by atoms with Gasteiger partial charge in [-0.15, -0.1) is 10.2 Å². The topological polar surface area (TPSA) is 68.0 Å². The highest BCUT2D eigenvalue weighted by molar-refractivity contribution is 5.96. The first-order chi connectivity index (χ1) is 14.2. The van der Waals surface area contributed by atoms with Gasteiger partial charge in [-0.3, -0.25) is 4.79 Å². The van der Waals surface area contributed by atoms with Crippen molar-refractivity contribution >= 4 is 11.6 Å². The highest BCUT2D eigenvalue weighted by Gasteiger charge is 2.18. The molecule has 1 N–H and O–H groups in total. The van der Waals surface area contributed by atoms with Crippen LogP contribution in [0, 0.1) is 0 Å². The van der Waals surface area contributed by atoms with E-state index < -0.39 is 0 Å². The summed E-state index contributed by atoms with van der Waals surface area (Å²) in [6.45, 7) is 2.01. The van der Waals surface area contributed by atoms with Gasteiger partial charge in [0.1, 0.15) is 0 Å². The molecule has 1 atom stereocenters. The van der Waals surface area contributed by atoms with E-state index in [0.29, 0.717) is 11.8 Å². The number of amides is 1. The molecule has 5 nitrogen and oxygen atoms in total. The third-order valence-corrected chi connectivity index (χ3v) is 4.77. The maximum Gasteiger partial charge on any atom is 0.248 e. The maximum atomic E-state index is 12.7. The Morgan fingerprint density at radius 2 is 1.38 bits per heavy atom. The zero-order valence-corrected chi connectivity index (χ0v) is 16.1. The Kier molecular flexibility index (Phi) is 5.47. The lowest BCUT2D eigenvalue weighted by atomic mass is 9.95. The fourth-order valence-corrected chi connectivity index (χ4v) is 3.22. The summed E-state index contributed by atoms with van der Waals surface area (Å²) < 4.78 is 5.78. The van der Waals surface area contributed by atoms with E-state index in [1.807, 2.05) is 91.9 Å². The first-order valence-electron chi connectivity index (χ1n) is 9.60. The van der Waals surface area contributed by atoms with Crippen LogP contribution in [0.25, 0.3) is 22.9 Å². The highest BCUT2D eigenvalue weighted by Crippen LogP contribution is 2.26. The van der Waals surface area contributed by atoms with Crippen LogP contribution in [0.5, 0.6) is 0 Å². The van der Waals surface area contributed by atoms with Gasteiger partial charge in [-0.1, -0.05) is 55.5 Å². The summed E-state index contributed by atoms with van der Waals surface area (Å²) >= 11 is 0. The van der Waals surface area contributed by atoms with Crippen molar-refractivity contribution in [1.29, 1.82) is 0 Å². The number of carbonyl (C=O) groups is 1. The molecule has 0 aliphatic heterocycles. The minimum atomic E-state index is -0.180. The minimum absolute atomic E-state index is 0.0180. The molecule has 0 saturated heterocycles. The molecule has 1 amide bonds. The van der Waals surface area contributed by atoms with Gasteiger partial charge < -0.3 is 9.73 Å². The number of hydrogen-bond acceptors (Lipinski definition) is 4. The zero-order valence-electron chi connectivity index (χ0n) is 16.1. The van der Waals surface area contributed by atoms with Crippen LogP contribution in [0.4, 0.5) is 5.69 Å². The van der Waals surface area contributed by atoms with Gasteiger partial charge >= 0.3 is 0 Å². The molecule has 29 heavy (non-hydrogen) atoms. The molecule has 4 aromatic rings. The summed E-state index contributed by atoms with van der Waals surface area (Å²) in [6.07, 6.45) is 0.734. The molecule has 0 saturated carbocycles. The number of nitrogens with zero attached hydrogens (tertiary/aromatic N) is 2. The number of aromatic nitrogens is 2. The van der Waals surface area contributed by atoms with Crippen molar-refractivity contribution in [2.45, 2.75) is 19.3 Å². The standard InChI is InChI=1S/C24H21N3O2/c1-2-21(17-9-5-3-6-10-17)22(28)25-20-15-13-19(14-16-20)24-27-26-23(29-24)18-11-7-4-8-12-18/h3-16,21H,2H2,1H3,(H,25,28)/t21-/m1/s1. The van der Waals surface area contributed by atoms with Crippen molar-refractivity contribution in [3.05, 3.63) is 90.5 Å². The van der Waals surface area contributed by atoms with Gasteiger partial charge in [-0.25, -0.2) is 0 Å². The largest absolute Gasteiger partial charge is 0.416 e. The van der Waals surface area contributed by atoms with Gasteiger partial charge in [0.05, 0.1) is 5.92 Å². The lowest BCUT2D eigenvalue weighted by molar-refractivity contribution is -0.117. The lowest BCUT2D eigenvalue weighted by Crippen LogP contribution is -2.20. The molecule has 5 heteroatoms. The van der Waals surface area contributed by atoms with Crippen LogP contribution >= 0.6 is 0 Å². The molecule has 0 fully saturated rings. The van der Waals surface area contributed by atoms with E-state index in [4.69, 9.17) is 4.42 Å². The van der Waals surface area contributed by atoms with Crippen LogP contribution in [0.1, 0.15) is 24.8 Å². The first kappa shape index (κ1) is 18.6. The molecule has 4 rings (SSSR count). The summed E-state index contributed by atoms with van der Waals surface area (Å²) in [6, 6.07) is 26.9. The predicted molar refractivity (Wildman–Crippen MR) is 113 cm³/mol. The van der Waals surface area contributed by atoms with Crippen LogP contribution in [0.3, 0.4) is 0 Å². The molecule has 0 aliphatic carbocycles. The van der Waals surface area contributed by atoms with Gasteiger partial charge in [-0.05, 0) is 48.4 Å². The molecule has 144 valence electrons. The Balaban J connectivity index is 1.47. The molecule has 0 aliphatic rings. The van der Waals surface area contributed by atoms with Crippen LogP contribution in [-0.2, 0) is 4.79 Å². The van der Waals surface area contributed by atoms with Crippen LogP contribution in [-0.4, -0.2) is 16.1 Å². The van der Waals surface area contributed by atoms with Gasteiger partial charge in [0, 0.05) is 16.8 Å². The van der Waals surface area contributed by atoms with E-state index in [2.05, 4.69) is 15.5 Å². The van der Waals surface area contributed by atoms with Crippen molar-refractivity contribution in [2.24, 2.45) is 0 Å². The lowest BCUT2D eigenvalue weighted by Gasteiger charge is -2.15. The molecule has 0 spiro atoms. The number of hydrogen-bond donors (Lipinski definition) is 1. The summed E-state index contributed by atoms with van der Waals surface area (Å²) in [7, 11) is 0. The maximum absolute atomic E-state index is 12.7. The third-order valence-electron chi connectivity index (χ3n) is 4.77. The molecular formula is C24H21N3O2. The monoisotopic (exact) mass is 383 g/mol. The Labute approximate surface area is 169 Å². The highest BCUT2D eigenvalue weighted by atomic mass is 16.4. The minimum Gasteiger partial charge on any atom is -0.416 e. The predicted octanol–water partition coefficient (Wildman–Crippen LogP) is 5.54. The number of rotatable bonds is 6. The first-order valence-corrected chi connectivity index (χ1v) is 9.60. The van der Waals surface area contributed by atoms with E-state index in [1.165, 1.54) is 0 Å². The second-order valence-electron chi connectivity index (χ2n) is 6.72. The average molecular weight is 383 g/mol. The van der Waals surface area contributed by atoms with Crippen LogP contribution in [0.15, 0.2) is 89.3 Å². The molecule has 0 bridgehead atoms. The van der Waals surface area contributed by atoms with E-state index in [1.54, 1.807) is 0 Å². The molecule has 3 aromatic carbocycles. The Bertz CT molecular complexity index is 1070. The zero-order chi connectivity index (χ0) is 20.1. The van der Waals surface area contributed by atoms with Gasteiger partial charge in [0.2, 0.25) is 17.7 Å². The van der Waals surface area contributed by atoms with Crippen molar-refractivity contribution in [1.82, 2.24) is 10.2 Å². The van der Waals surface area contributed by atoms with Crippen molar-refractivity contribution < 1.29 is 9.21 Å². The van der Waals surface area contributed by atoms with E-state index in [0.717, 1.165) is 28.8 Å². The second-order valence-corrected chi connectivity index (χ2v) is 6.72.